The maximum absolute atomic E-state index is 6.17. The Hall–Kier alpha value is -0.940. The van der Waals surface area contributed by atoms with Crippen molar-refractivity contribution in [3.63, 3.8) is 0 Å². The number of rotatable bonds is 5. The summed E-state index contributed by atoms with van der Waals surface area (Å²) in [5.41, 5.74) is 2.26. The molecule has 1 N–H and O–H groups in total. The van der Waals surface area contributed by atoms with Crippen LogP contribution in [0.4, 0.5) is 5.69 Å². The van der Waals surface area contributed by atoms with Gasteiger partial charge in [0, 0.05) is 10.1 Å². The van der Waals surface area contributed by atoms with Crippen LogP contribution >= 0.6 is 34.2 Å². The second-order valence-corrected chi connectivity index (χ2v) is 5.80. The molecule has 0 atom stereocenters. The van der Waals surface area contributed by atoms with Crippen molar-refractivity contribution in [2.75, 3.05) is 19.0 Å². The first-order valence-electron chi connectivity index (χ1n) is 6.01. The molecule has 0 aromatic heterocycles. The summed E-state index contributed by atoms with van der Waals surface area (Å²) in [5, 5.41) is 4.12. The van der Waals surface area contributed by atoms with E-state index in [-0.39, 0.29) is 0 Å². The first kappa shape index (κ1) is 14.5. The summed E-state index contributed by atoms with van der Waals surface area (Å²) in [4.78, 5) is 0. The molecule has 0 bridgehead atoms. The number of methoxy groups -OCH3 is 1. The molecule has 2 nitrogen and oxygen atoms in total. The van der Waals surface area contributed by atoms with Crippen molar-refractivity contribution < 1.29 is 4.74 Å². The third-order valence-electron chi connectivity index (χ3n) is 2.82. The fourth-order valence-corrected chi connectivity index (χ4v) is 2.69. The first-order chi connectivity index (χ1) is 9.19. The fraction of sp³-hybridized carbons (Fsp3) is 0.200. The Morgan fingerprint density at radius 2 is 1.89 bits per heavy atom. The van der Waals surface area contributed by atoms with Crippen LogP contribution in [0.5, 0.6) is 5.75 Å². The normalized spacial score (nSPS) is 10.3. The van der Waals surface area contributed by atoms with Gasteiger partial charge in [-0.05, 0) is 64.9 Å². The molecule has 100 valence electrons. The molecule has 0 amide bonds. The SMILES string of the molecule is COc1ccc(CCNc2ccc(I)cc2Cl)cc1. The number of benzene rings is 2. The van der Waals surface area contributed by atoms with Crippen LogP contribution in [0.1, 0.15) is 5.56 Å². The zero-order valence-corrected chi connectivity index (χ0v) is 13.5. The van der Waals surface area contributed by atoms with Gasteiger partial charge in [0.1, 0.15) is 5.75 Å². The van der Waals surface area contributed by atoms with Crippen LogP contribution in [-0.2, 0) is 6.42 Å². The summed E-state index contributed by atoms with van der Waals surface area (Å²) in [6.07, 6.45) is 0.951. The lowest BCUT2D eigenvalue weighted by atomic mass is 10.1. The Kier molecular flexibility index (Phi) is 5.34. The molecule has 2 aromatic carbocycles. The highest BCUT2D eigenvalue weighted by molar-refractivity contribution is 14.1. The van der Waals surface area contributed by atoms with E-state index in [9.17, 15) is 0 Å². The van der Waals surface area contributed by atoms with Gasteiger partial charge in [-0.2, -0.15) is 0 Å². The minimum Gasteiger partial charge on any atom is -0.497 e. The summed E-state index contributed by atoms with van der Waals surface area (Å²) >= 11 is 8.42. The summed E-state index contributed by atoms with van der Waals surface area (Å²) in [5.74, 6) is 0.886. The summed E-state index contributed by atoms with van der Waals surface area (Å²) < 4.78 is 6.28. The molecule has 4 heteroatoms. The number of hydrogen-bond acceptors (Lipinski definition) is 2. The minimum absolute atomic E-state index is 0.765. The van der Waals surface area contributed by atoms with Gasteiger partial charge in [0.05, 0.1) is 17.8 Å². The second-order valence-electron chi connectivity index (χ2n) is 4.15. The highest BCUT2D eigenvalue weighted by Crippen LogP contribution is 2.23. The van der Waals surface area contributed by atoms with Gasteiger partial charge in [0.15, 0.2) is 0 Å². The van der Waals surface area contributed by atoms with Gasteiger partial charge in [-0.15, -0.1) is 0 Å². The molecule has 0 aliphatic heterocycles. The van der Waals surface area contributed by atoms with Gasteiger partial charge >= 0.3 is 0 Å². The van der Waals surface area contributed by atoms with Gasteiger partial charge in [-0.1, -0.05) is 23.7 Å². The van der Waals surface area contributed by atoms with Crippen molar-refractivity contribution >= 4 is 39.9 Å². The Labute approximate surface area is 132 Å². The quantitative estimate of drug-likeness (QED) is 0.757. The van der Waals surface area contributed by atoms with Gasteiger partial charge in [0.2, 0.25) is 0 Å². The molecule has 0 heterocycles. The maximum Gasteiger partial charge on any atom is 0.118 e. The Morgan fingerprint density at radius 1 is 1.16 bits per heavy atom. The molecular weight excluding hydrogens is 373 g/mol. The number of halogens is 2. The standard InChI is InChI=1S/C15H15ClINO/c1-19-13-5-2-11(3-6-13)8-9-18-15-7-4-12(17)10-14(15)16/h2-7,10,18H,8-9H2,1H3. The van der Waals surface area contributed by atoms with Crippen LogP contribution in [0.2, 0.25) is 5.02 Å². The van der Waals surface area contributed by atoms with Gasteiger partial charge in [0.25, 0.3) is 0 Å². The molecule has 0 aliphatic rings. The largest absolute Gasteiger partial charge is 0.497 e. The molecule has 19 heavy (non-hydrogen) atoms. The Balaban J connectivity index is 1.88. The lowest BCUT2D eigenvalue weighted by molar-refractivity contribution is 0.414. The first-order valence-corrected chi connectivity index (χ1v) is 7.46. The van der Waals surface area contributed by atoms with Crippen molar-refractivity contribution in [2.24, 2.45) is 0 Å². The predicted molar refractivity (Wildman–Crippen MR) is 89.4 cm³/mol. The number of ether oxygens (including phenoxy) is 1. The van der Waals surface area contributed by atoms with E-state index in [0.29, 0.717) is 0 Å². The molecule has 2 aromatic rings. The highest BCUT2D eigenvalue weighted by Gasteiger charge is 2.00. The molecule has 0 unspecified atom stereocenters. The van der Waals surface area contributed by atoms with Crippen molar-refractivity contribution in [1.82, 2.24) is 0 Å². The number of anilines is 1. The Bertz CT molecular complexity index is 542. The van der Waals surface area contributed by atoms with Gasteiger partial charge in [-0.25, -0.2) is 0 Å². The van der Waals surface area contributed by atoms with Crippen LogP contribution in [-0.4, -0.2) is 13.7 Å². The highest BCUT2D eigenvalue weighted by atomic mass is 127. The van der Waals surface area contributed by atoms with E-state index in [0.717, 1.165) is 33.0 Å². The smallest absolute Gasteiger partial charge is 0.118 e. The zero-order chi connectivity index (χ0) is 13.7. The van der Waals surface area contributed by atoms with E-state index in [1.807, 2.05) is 30.3 Å². The average Bonchev–Trinajstić information content (AvgIpc) is 2.42. The monoisotopic (exact) mass is 387 g/mol. The van der Waals surface area contributed by atoms with E-state index in [1.165, 1.54) is 5.56 Å². The average molecular weight is 388 g/mol. The Morgan fingerprint density at radius 3 is 2.53 bits per heavy atom. The van der Waals surface area contributed by atoms with E-state index in [2.05, 4.69) is 40.0 Å². The topological polar surface area (TPSA) is 21.3 Å². The van der Waals surface area contributed by atoms with Crippen molar-refractivity contribution in [1.29, 1.82) is 0 Å². The molecule has 0 saturated carbocycles. The van der Waals surface area contributed by atoms with E-state index in [4.69, 9.17) is 16.3 Å². The predicted octanol–water partition coefficient (Wildman–Crippen LogP) is 4.61. The summed E-state index contributed by atoms with van der Waals surface area (Å²) in [7, 11) is 1.68. The van der Waals surface area contributed by atoms with Crippen LogP contribution < -0.4 is 10.1 Å². The third kappa shape index (κ3) is 4.28. The lowest BCUT2D eigenvalue weighted by Crippen LogP contribution is -2.05. The number of nitrogens with one attached hydrogen (secondary N) is 1. The minimum atomic E-state index is 0.765. The summed E-state index contributed by atoms with van der Waals surface area (Å²) in [6, 6.07) is 14.1. The lowest BCUT2D eigenvalue weighted by Gasteiger charge is -2.09. The van der Waals surface area contributed by atoms with Crippen LogP contribution in [0.3, 0.4) is 0 Å². The van der Waals surface area contributed by atoms with Crippen LogP contribution in [0.15, 0.2) is 42.5 Å². The molecule has 0 saturated heterocycles. The van der Waals surface area contributed by atoms with Crippen molar-refractivity contribution in [2.45, 2.75) is 6.42 Å². The van der Waals surface area contributed by atoms with E-state index < -0.39 is 0 Å². The third-order valence-corrected chi connectivity index (χ3v) is 3.80. The molecule has 0 spiro atoms. The number of hydrogen-bond donors (Lipinski definition) is 1. The van der Waals surface area contributed by atoms with Gasteiger partial charge < -0.3 is 10.1 Å². The van der Waals surface area contributed by atoms with Crippen LogP contribution in [0, 0.1) is 3.57 Å². The molecular formula is C15H15ClINO. The van der Waals surface area contributed by atoms with Crippen LogP contribution in [0.25, 0.3) is 0 Å². The molecule has 0 fully saturated rings. The zero-order valence-electron chi connectivity index (χ0n) is 10.6. The fourth-order valence-electron chi connectivity index (χ4n) is 1.77. The second kappa shape index (κ2) is 7.01. The molecule has 0 radical (unpaired) electrons. The van der Waals surface area contributed by atoms with E-state index in [1.54, 1.807) is 7.11 Å². The summed E-state index contributed by atoms with van der Waals surface area (Å²) in [6.45, 7) is 0.854. The van der Waals surface area contributed by atoms with Crippen molar-refractivity contribution in [3.8, 4) is 5.75 Å². The molecule has 2 rings (SSSR count). The maximum atomic E-state index is 6.17. The van der Waals surface area contributed by atoms with Gasteiger partial charge in [-0.3, -0.25) is 0 Å². The molecule has 0 aliphatic carbocycles. The van der Waals surface area contributed by atoms with Crippen molar-refractivity contribution in [3.05, 3.63) is 56.6 Å². The van der Waals surface area contributed by atoms with E-state index >= 15 is 0 Å².